The molecule has 0 saturated carbocycles. The molecule has 2 aliphatic heterocycles. The monoisotopic (exact) mass is 190 g/mol. The zero-order valence-corrected chi connectivity index (χ0v) is 8.22. The highest BCUT2D eigenvalue weighted by Crippen LogP contribution is 2.21. The average Bonchev–Trinajstić information content (AvgIpc) is 2.58. The van der Waals surface area contributed by atoms with Crippen molar-refractivity contribution in [1.82, 2.24) is 10.2 Å². The maximum atomic E-state index is 3.51. The Kier molecular flexibility index (Phi) is 3.01. The van der Waals surface area contributed by atoms with Gasteiger partial charge in [-0.1, -0.05) is 0 Å². The maximum Gasteiger partial charge on any atom is 0.108 e. The van der Waals surface area contributed by atoms with Crippen LogP contribution in [0, 0.1) is 0 Å². The highest BCUT2D eigenvalue weighted by Gasteiger charge is 2.23. The van der Waals surface area contributed by atoms with Gasteiger partial charge in [0.05, 0.1) is 0 Å². The lowest BCUT2D eigenvalue weighted by Crippen LogP contribution is -2.44. The Morgan fingerprint density at radius 2 is 2.00 bits per heavy atom. The molecule has 2 heterocycles. The quantitative estimate of drug-likeness (QED) is 0.653. The Balaban J connectivity index is 1.82. The van der Waals surface area contributed by atoms with E-state index in [1.54, 1.807) is 0 Å². The summed E-state index contributed by atoms with van der Waals surface area (Å²) < 4.78 is 0. The Morgan fingerprint density at radius 1 is 1.18 bits per heavy atom. The summed E-state index contributed by atoms with van der Waals surface area (Å²) in [6.45, 7) is 3.74. The summed E-state index contributed by atoms with van der Waals surface area (Å²) in [7, 11) is 0. The van der Waals surface area contributed by atoms with Gasteiger partial charge in [0.1, 0.15) is 5.50 Å². The predicted molar refractivity (Wildman–Crippen MR) is 53.1 cm³/mol. The zero-order chi connectivity index (χ0) is 7.52. The van der Waals surface area contributed by atoms with Crippen LogP contribution in [0.15, 0.2) is 0 Å². The molecule has 0 bridgehead atoms. The summed E-state index contributed by atoms with van der Waals surface area (Å²) in [6, 6.07) is 0. The maximum absolute atomic E-state index is 3.51. The third-order valence-corrected chi connectivity index (χ3v) is 4.24. The molecule has 4 heteroatoms. The Labute approximate surface area is 76.5 Å². The van der Waals surface area contributed by atoms with Crippen molar-refractivity contribution in [3.8, 4) is 0 Å². The Morgan fingerprint density at radius 3 is 2.64 bits per heavy atom. The predicted octanol–water partition coefficient (Wildman–Crippen LogP) is 0.655. The van der Waals surface area contributed by atoms with E-state index in [2.05, 4.69) is 33.7 Å². The van der Waals surface area contributed by atoms with Crippen LogP contribution < -0.4 is 5.32 Å². The summed E-state index contributed by atoms with van der Waals surface area (Å²) in [6.07, 6.45) is 0. The highest BCUT2D eigenvalue weighted by atomic mass is 32.2. The fourth-order valence-corrected chi connectivity index (χ4v) is 3.51. The van der Waals surface area contributed by atoms with Crippen molar-refractivity contribution >= 4 is 23.5 Å². The number of hydrogen-bond donors (Lipinski definition) is 1. The summed E-state index contributed by atoms with van der Waals surface area (Å²) in [5, 5.41) is 3.51. The van der Waals surface area contributed by atoms with Crippen LogP contribution in [-0.2, 0) is 0 Å². The largest absolute Gasteiger partial charge is 0.292 e. The van der Waals surface area contributed by atoms with Crippen molar-refractivity contribution < 1.29 is 0 Å². The smallest absolute Gasteiger partial charge is 0.108 e. The number of hydrogen-bond acceptors (Lipinski definition) is 4. The third kappa shape index (κ3) is 2.05. The molecule has 0 aromatic heterocycles. The summed E-state index contributed by atoms with van der Waals surface area (Å²) in [5.41, 5.74) is 0.635. The number of rotatable bonds is 1. The van der Waals surface area contributed by atoms with Crippen LogP contribution in [0.25, 0.3) is 0 Å². The molecule has 2 rings (SSSR count). The van der Waals surface area contributed by atoms with Crippen LogP contribution >= 0.6 is 23.5 Å². The molecular formula is C7H14N2S2. The van der Waals surface area contributed by atoms with Gasteiger partial charge in [0.15, 0.2) is 0 Å². The van der Waals surface area contributed by atoms with E-state index in [1.807, 2.05) is 0 Å². The number of nitrogens with zero attached hydrogens (tertiary/aromatic N) is 1. The normalized spacial score (nSPS) is 34.4. The van der Waals surface area contributed by atoms with Gasteiger partial charge in [0.25, 0.3) is 0 Å². The first-order chi connectivity index (χ1) is 5.47. The average molecular weight is 190 g/mol. The number of nitrogens with one attached hydrogen (secondary N) is 1. The molecule has 11 heavy (non-hydrogen) atoms. The van der Waals surface area contributed by atoms with Crippen molar-refractivity contribution in [2.75, 3.05) is 36.9 Å². The molecule has 0 aromatic rings. The standard InChI is InChI=1S/C7H14N2S2/c1-4-11-7(8-1)9-2-5-10-6-3-9/h7-8H,1-6H2. The van der Waals surface area contributed by atoms with Gasteiger partial charge in [-0.25, -0.2) is 0 Å². The molecule has 1 N–H and O–H groups in total. The van der Waals surface area contributed by atoms with Crippen molar-refractivity contribution in [1.29, 1.82) is 0 Å². The fraction of sp³-hybridized carbons (Fsp3) is 1.00. The number of thioether (sulfide) groups is 2. The Hall–Kier alpha value is 0.620. The second-order valence-corrected chi connectivity index (χ2v) is 5.24. The van der Waals surface area contributed by atoms with Crippen LogP contribution in [0.4, 0.5) is 0 Å². The van der Waals surface area contributed by atoms with Crippen molar-refractivity contribution in [2.24, 2.45) is 0 Å². The van der Waals surface area contributed by atoms with Crippen molar-refractivity contribution in [3.63, 3.8) is 0 Å². The SMILES string of the molecule is C1CSC(N2CCSCC2)N1. The molecular weight excluding hydrogens is 176 g/mol. The van der Waals surface area contributed by atoms with E-state index in [0.29, 0.717) is 5.50 Å². The molecule has 2 aliphatic rings. The van der Waals surface area contributed by atoms with Gasteiger partial charge in [-0.15, -0.1) is 11.8 Å². The van der Waals surface area contributed by atoms with Crippen LogP contribution in [-0.4, -0.2) is 47.3 Å². The second kappa shape index (κ2) is 4.03. The second-order valence-electron chi connectivity index (χ2n) is 2.83. The minimum Gasteiger partial charge on any atom is -0.292 e. The molecule has 0 radical (unpaired) electrons. The van der Waals surface area contributed by atoms with Gasteiger partial charge < -0.3 is 0 Å². The van der Waals surface area contributed by atoms with E-state index in [-0.39, 0.29) is 0 Å². The molecule has 2 nitrogen and oxygen atoms in total. The van der Waals surface area contributed by atoms with E-state index in [9.17, 15) is 0 Å². The van der Waals surface area contributed by atoms with Gasteiger partial charge in [-0.3, -0.25) is 10.2 Å². The zero-order valence-electron chi connectivity index (χ0n) is 6.58. The van der Waals surface area contributed by atoms with Gasteiger partial charge >= 0.3 is 0 Å². The van der Waals surface area contributed by atoms with Crippen LogP contribution in [0.3, 0.4) is 0 Å². The molecule has 64 valence electrons. The van der Waals surface area contributed by atoms with Gasteiger partial charge in [-0.2, -0.15) is 11.8 Å². The highest BCUT2D eigenvalue weighted by molar-refractivity contribution is 8.00. The minimum absolute atomic E-state index is 0.635. The van der Waals surface area contributed by atoms with Gasteiger partial charge in [0, 0.05) is 36.9 Å². The van der Waals surface area contributed by atoms with Crippen molar-refractivity contribution in [2.45, 2.75) is 5.50 Å². The molecule has 0 spiro atoms. The van der Waals surface area contributed by atoms with Crippen LogP contribution in [0.2, 0.25) is 0 Å². The molecule has 1 unspecified atom stereocenters. The topological polar surface area (TPSA) is 15.3 Å². The first-order valence-corrected chi connectivity index (χ1v) is 6.34. The lowest BCUT2D eigenvalue weighted by molar-refractivity contribution is 0.261. The van der Waals surface area contributed by atoms with Crippen LogP contribution in [0.5, 0.6) is 0 Å². The summed E-state index contributed by atoms with van der Waals surface area (Å²) in [4.78, 5) is 2.56. The minimum atomic E-state index is 0.635. The van der Waals surface area contributed by atoms with E-state index < -0.39 is 0 Å². The molecule has 1 atom stereocenters. The first kappa shape index (κ1) is 8.23. The molecule has 2 fully saturated rings. The lowest BCUT2D eigenvalue weighted by Gasteiger charge is -2.30. The molecule has 0 aromatic carbocycles. The fourth-order valence-electron chi connectivity index (χ4n) is 1.46. The molecule has 2 saturated heterocycles. The molecule has 0 aliphatic carbocycles. The van der Waals surface area contributed by atoms with Crippen LogP contribution in [0.1, 0.15) is 0 Å². The first-order valence-electron chi connectivity index (χ1n) is 4.13. The molecule has 0 amide bonds. The van der Waals surface area contributed by atoms with E-state index >= 15 is 0 Å². The van der Waals surface area contributed by atoms with Gasteiger partial charge in [0.2, 0.25) is 0 Å². The summed E-state index contributed by atoms with van der Waals surface area (Å²) in [5.74, 6) is 3.92. The van der Waals surface area contributed by atoms with Crippen molar-refractivity contribution in [3.05, 3.63) is 0 Å². The summed E-state index contributed by atoms with van der Waals surface area (Å²) >= 11 is 4.13. The van der Waals surface area contributed by atoms with Gasteiger partial charge in [-0.05, 0) is 0 Å². The Bertz CT molecular complexity index is 120. The van der Waals surface area contributed by atoms with E-state index in [1.165, 1.54) is 36.9 Å². The third-order valence-electron chi connectivity index (χ3n) is 2.07. The lowest BCUT2D eigenvalue weighted by atomic mass is 10.5. The van der Waals surface area contributed by atoms with E-state index in [0.717, 1.165) is 0 Å². The van der Waals surface area contributed by atoms with E-state index in [4.69, 9.17) is 0 Å².